The van der Waals surface area contributed by atoms with Crippen molar-refractivity contribution in [1.29, 1.82) is 0 Å². The number of carbonyl (C=O) groups excluding carboxylic acids is 1. The summed E-state index contributed by atoms with van der Waals surface area (Å²) in [6.07, 6.45) is 2.35. The van der Waals surface area contributed by atoms with Gasteiger partial charge in [-0.25, -0.2) is 12.7 Å². The minimum absolute atomic E-state index is 0.00378. The van der Waals surface area contributed by atoms with Gasteiger partial charge in [-0.1, -0.05) is 74.5 Å². The molecule has 0 radical (unpaired) electrons. The lowest BCUT2D eigenvalue weighted by Gasteiger charge is -2.37. The number of nitrogens with zero attached hydrogens (tertiary/aromatic N) is 2. The molecule has 3 fully saturated rings. The lowest BCUT2D eigenvalue weighted by atomic mass is 9.69. The summed E-state index contributed by atoms with van der Waals surface area (Å²) in [5.41, 5.74) is 1.60. The zero-order valence-corrected chi connectivity index (χ0v) is 20.5. The Kier molecular flexibility index (Phi) is 5.66. The van der Waals surface area contributed by atoms with E-state index < -0.39 is 34.1 Å². The van der Waals surface area contributed by atoms with Gasteiger partial charge in [-0.05, 0) is 30.6 Å². The molecule has 2 saturated carbocycles. The smallest absolute Gasteiger partial charge is 0.261 e. The Balaban J connectivity index is 1.57. The summed E-state index contributed by atoms with van der Waals surface area (Å²) in [5.74, 6) is -0.196. The fourth-order valence-electron chi connectivity index (χ4n) is 6.74. The standard InChI is InChI=1S/C27H31FN2O3S/c1-26(2)21-13-15-27(26)18-34(32,33)30(23(27)17-21)25(31)22(14-16-28)29-24(19-9-5-3-6-10-19)20-11-7-4-8-12-20/h3-12,21-23H,13-18H2,1-2H3/t21?,22-,23?,27?/m1/s1. The van der Waals surface area contributed by atoms with E-state index in [1.165, 1.54) is 0 Å². The number of halogens is 1. The topological polar surface area (TPSA) is 66.8 Å². The van der Waals surface area contributed by atoms with Gasteiger partial charge < -0.3 is 0 Å². The maximum atomic E-state index is 13.8. The molecule has 0 N–H and O–H groups in total. The highest BCUT2D eigenvalue weighted by atomic mass is 32.2. The van der Waals surface area contributed by atoms with Gasteiger partial charge in [-0.3, -0.25) is 14.2 Å². The Morgan fingerprint density at radius 3 is 2.21 bits per heavy atom. The summed E-state index contributed by atoms with van der Waals surface area (Å²) in [6.45, 7) is 3.54. The van der Waals surface area contributed by atoms with Gasteiger partial charge >= 0.3 is 0 Å². The van der Waals surface area contributed by atoms with E-state index in [0.29, 0.717) is 18.1 Å². The number of aliphatic imine (C=N–C) groups is 1. The van der Waals surface area contributed by atoms with Gasteiger partial charge in [0, 0.05) is 23.0 Å². The first-order chi connectivity index (χ1) is 16.2. The number of fused-ring (bicyclic) bond motifs is 1. The predicted molar refractivity (Wildman–Crippen MR) is 131 cm³/mol. The van der Waals surface area contributed by atoms with E-state index in [4.69, 9.17) is 4.99 Å². The zero-order chi connectivity index (χ0) is 24.1. The average molecular weight is 483 g/mol. The van der Waals surface area contributed by atoms with E-state index in [9.17, 15) is 17.6 Å². The molecule has 1 saturated heterocycles. The van der Waals surface area contributed by atoms with Crippen molar-refractivity contribution in [1.82, 2.24) is 4.31 Å². The first kappa shape index (κ1) is 23.2. The van der Waals surface area contributed by atoms with Gasteiger partial charge in [0.1, 0.15) is 6.04 Å². The molecule has 4 atom stereocenters. The Morgan fingerprint density at radius 2 is 1.68 bits per heavy atom. The Morgan fingerprint density at radius 1 is 1.09 bits per heavy atom. The average Bonchev–Trinajstić information content (AvgIpc) is 3.30. The summed E-state index contributed by atoms with van der Waals surface area (Å²) < 4.78 is 41.6. The summed E-state index contributed by atoms with van der Waals surface area (Å²) in [5, 5.41) is 0. The molecule has 2 aromatic carbocycles. The summed E-state index contributed by atoms with van der Waals surface area (Å²) in [7, 11) is -3.80. The second-order valence-electron chi connectivity index (χ2n) is 10.5. The molecule has 1 aliphatic heterocycles. The number of hydrogen-bond donors (Lipinski definition) is 0. The molecule has 2 bridgehead atoms. The third-order valence-corrected chi connectivity index (χ3v) is 10.6. The summed E-state index contributed by atoms with van der Waals surface area (Å²) >= 11 is 0. The van der Waals surface area contributed by atoms with Crippen LogP contribution in [0.1, 0.15) is 50.7 Å². The molecule has 7 heteroatoms. The fraction of sp³-hybridized carbons (Fsp3) is 0.481. The van der Waals surface area contributed by atoms with Gasteiger partial charge in [-0.2, -0.15) is 0 Å². The Labute approximate surface area is 201 Å². The molecule has 1 heterocycles. The molecule has 3 unspecified atom stereocenters. The number of hydrogen-bond acceptors (Lipinski definition) is 4. The van der Waals surface area contributed by atoms with Crippen LogP contribution in [-0.2, 0) is 14.8 Å². The molecule has 2 aliphatic carbocycles. The highest BCUT2D eigenvalue weighted by Crippen LogP contribution is 2.70. The molecule has 1 spiro atoms. The molecule has 1 amide bonds. The van der Waals surface area contributed by atoms with Crippen LogP contribution in [-0.4, -0.2) is 48.9 Å². The normalized spacial score (nSPS) is 29.0. The van der Waals surface area contributed by atoms with Gasteiger partial charge in [0.15, 0.2) is 0 Å². The van der Waals surface area contributed by atoms with Crippen molar-refractivity contribution in [2.45, 2.75) is 51.6 Å². The van der Waals surface area contributed by atoms with Crippen LogP contribution in [0.5, 0.6) is 0 Å². The molecule has 180 valence electrons. The number of carbonyl (C=O) groups is 1. The van der Waals surface area contributed by atoms with Crippen molar-refractivity contribution in [3.63, 3.8) is 0 Å². The van der Waals surface area contributed by atoms with Crippen molar-refractivity contribution in [2.24, 2.45) is 21.7 Å². The van der Waals surface area contributed by atoms with E-state index in [2.05, 4.69) is 13.8 Å². The highest BCUT2D eigenvalue weighted by Gasteiger charge is 2.72. The van der Waals surface area contributed by atoms with Crippen LogP contribution >= 0.6 is 0 Å². The number of benzene rings is 2. The van der Waals surface area contributed by atoms with Gasteiger partial charge in [-0.15, -0.1) is 0 Å². The quantitative estimate of drug-likeness (QED) is 0.565. The molecule has 5 rings (SSSR count). The van der Waals surface area contributed by atoms with Crippen LogP contribution in [0.25, 0.3) is 0 Å². The Bertz CT molecular complexity index is 1170. The zero-order valence-electron chi connectivity index (χ0n) is 19.7. The van der Waals surface area contributed by atoms with E-state index in [-0.39, 0.29) is 23.6 Å². The third-order valence-electron chi connectivity index (χ3n) is 8.68. The number of alkyl halides is 1. The van der Waals surface area contributed by atoms with Crippen LogP contribution in [0.3, 0.4) is 0 Å². The van der Waals surface area contributed by atoms with Crippen molar-refractivity contribution in [3.05, 3.63) is 71.8 Å². The van der Waals surface area contributed by atoms with Gasteiger partial charge in [0.25, 0.3) is 5.91 Å². The van der Waals surface area contributed by atoms with Crippen LogP contribution in [0.2, 0.25) is 0 Å². The molecular formula is C27H31FN2O3S. The molecule has 34 heavy (non-hydrogen) atoms. The maximum Gasteiger partial charge on any atom is 0.261 e. The molecular weight excluding hydrogens is 451 g/mol. The minimum atomic E-state index is -3.80. The van der Waals surface area contributed by atoms with Crippen LogP contribution in [0, 0.1) is 16.7 Å². The van der Waals surface area contributed by atoms with Crippen LogP contribution in [0.4, 0.5) is 4.39 Å². The molecule has 5 nitrogen and oxygen atoms in total. The monoisotopic (exact) mass is 482 g/mol. The highest BCUT2D eigenvalue weighted by molar-refractivity contribution is 7.90. The predicted octanol–water partition coefficient (Wildman–Crippen LogP) is 4.62. The van der Waals surface area contributed by atoms with E-state index in [0.717, 1.165) is 28.3 Å². The van der Waals surface area contributed by atoms with Crippen LogP contribution in [0.15, 0.2) is 65.7 Å². The van der Waals surface area contributed by atoms with Crippen molar-refractivity contribution >= 4 is 21.6 Å². The first-order valence-corrected chi connectivity index (χ1v) is 13.6. The van der Waals surface area contributed by atoms with Gasteiger partial charge in [0.2, 0.25) is 10.0 Å². The second kappa shape index (κ2) is 8.29. The van der Waals surface area contributed by atoms with Gasteiger partial charge in [0.05, 0.1) is 24.2 Å². The first-order valence-electron chi connectivity index (χ1n) is 12.0. The largest absolute Gasteiger partial charge is 0.271 e. The van der Waals surface area contributed by atoms with Crippen molar-refractivity contribution in [3.8, 4) is 0 Å². The van der Waals surface area contributed by atoms with Crippen molar-refractivity contribution < 1.29 is 17.6 Å². The Hall–Kier alpha value is -2.54. The lowest BCUT2D eigenvalue weighted by Crippen LogP contribution is -2.47. The second-order valence-corrected chi connectivity index (χ2v) is 12.3. The third kappa shape index (κ3) is 3.43. The van der Waals surface area contributed by atoms with Crippen molar-refractivity contribution in [2.75, 3.05) is 12.4 Å². The van der Waals surface area contributed by atoms with E-state index in [1.807, 2.05) is 60.7 Å². The maximum absolute atomic E-state index is 13.8. The molecule has 3 aliphatic rings. The van der Waals surface area contributed by atoms with Crippen LogP contribution < -0.4 is 0 Å². The van der Waals surface area contributed by atoms with E-state index in [1.54, 1.807) is 0 Å². The minimum Gasteiger partial charge on any atom is -0.271 e. The molecule has 0 aromatic heterocycles. The fourth-order valence-corrected chi connectivity index (χ4v) is 9.31. The summed E-state index contributed by atoms with van der Waals surface area (Å²) in [4.78, 5) is 18.6. The summed E-state index contributed by atoms with van der Waals surface area (Å²) in [6, 6.07) is 17.4. The SMILES string of the molecule is CC1(C)C2CCC13CS(=O)(=O)N(C(=O)[C@@H](CCF)N=C(c1ccccc1)c1ccccc1)C3C2. The number of amides is 1. The van der Waals surface area contributed by atoms with E-state index >= 15 is 0 Å². The number of rotatable bonds is 6. The molecule has 2 aromatic rings. The lowest BCUT2D eigenvalue weighted by molar-refractivity contribution is -0.130. The number of sulfonamides is 1.